The highest BCUT2D eigenvalue weighted by molar-refractivity contribution is 5.70. The second-order valence-electron chi connectivity index (χ2n) is 13.9. The van der Waals surface area contributed by atoms with Crippen molar-refractivity contribution in [2.75, 3.05) is 41.0 Å². The Labute approximate surface area is 293 Å². The second kappa shape index (κ2) is 31.8. The zero-order chi connectivity index (χ0) is 35.7. The van der Waals surface area contributed by atoms with Crippen molar-refractivity contribution in [3.05, 3.63) is 36.5 Å². The Bertz CT molecular complexity index is 891. The van der Waals surface area contributed by atoms with Crippen molar-refractivity contribution in [3.8, 4) is 0 Å². The van der Waals surface area contributed by atoms with Gasteiger partial charge in [0.15, 0.2) is 6.10 Å². The predicted molar refractivity (Wildman–Crippen MR) is 194 cm³/mol. The zero-order valence-corrected chi connectivity index (χ0v) is 31.4. The van der Waals surface area contributed by atoms with E-state index in [1.165, 1.54) is 57.8 Å². The number of carbonyl (C=O) groups excluding carboxylic acids is 3. The third-order valence-corrected chi connectivity index (χ3v) is 8.35. The smallest absolute Gasteiger partial charge is 0.306 e. The van der Waals surface area contributed by atoms with Crippen LogP contribution in [0.15, 0.2) is 36.5 Å². The van der Waals surface area contributed by atoms with Gasteiger partial charge in [-0.15, -0.1) is 0 Å². The molecule has 2 unspecified atom stereocenters. The van der Waals surface area contributed by atoms with E-state index in [-0.39, 0.29) is 42.7 Å². The van der Waals surface area contributed by atoms with Gasteiger partial charge in [0.1, 0.15) is 12.6 Å². The molecule has 0 saturated carbocycles. The van der Waals surface area contributed by atoms with E-state index in [0.29, 0.717) is 12.8 Å². The highest BCUT2D eigenvalue weighted by atomic mass is 16.6. The van der Waals surface area contributed by atoms with E-state index < -0.39 is 18.1 Å². The summed E-state index contributed by atoms with van der Waals surface area (Å²) in [5.41, 5.74) is 0. The summed E-state index contributed by atoms with van der Waals surface area (Å²) in [6.45, 7) is 4.48. The lowest BCUT2D eigenvalue weighted by Gasteiger charge is -2.34. The molecule has 8 heteroatoms. The predicted octanol–water partition coefficient (Wildman–Crippen LogP) is 8.18. The minimum Gasteiger partial charge on any atom is -0.544 e. The molecule has 0 aromatic carbocycles. The molecule has 0 bridgehead atoms. The fourth-order valence-electron chi connectivity index (χ4n) is 5.36. The first-order chi connectivity index (χ1) is 23.1. The molecule has 48 heavy (non-hydrogen) atoms. The minimum atomic E-state index is -1.13. The molecule has 8 nitrogen and oxygen atoms in total. The quantitative estimate of drug-likeness (QED) is 0.0299. The molecule has 278 valence electrons. The number of unbranched alkanes of at least 4 members (excludes halogenated alkanes) is 15. The van der Waals surface area contributed by atoms with Crippen molar-refractivity contribution >= 4 is 17.9 Å². The van der Waals surface area contributed by atoms with E-state index in [2.05, 4.69) is 50.3 Å². The topological polar surface area (TPSA) is 102 Å². The van der Waals surface area contributed by atoms with Gasteiger partial charge in [-0.1, -0.05) is 134 Å². The normalized spacial score (nSPS) is 13.4. The lowest BCUT2D eigenvalue weighted by molar-refractivity contribution is -0.889. The van der Waals surface area contributed by atoms with Gasteiger partial charge in [0.25, 0.3) is 0 Å². The minimum absolute atomic E-state index is 0.0370. The van der Waals surface area contributed by atoms with Crippen LogP contribution in [0.25, 0.3) is 0 Å². The van der Waals surface area contributed by atoms with E-state index in [4.69, 9.17) is 14.2 Å². The SMILES string of the molecule is CC/C=C/C=C/C=C/CCCCCCCCCC(=O)OC(COCCC(C(=O)[O-])[N+](C)(C)C)COC(=O)CCCCCCCCCCC. The third kappa shape index (κ3) is 29.7. The van der Waals surface area contributed by atoms with Crippen LogP contribution in [0.3, 0.4) is 0 Å². The van der Waals surface area contributed by atoms with Crippen LogP contribution in [0.5, 0.6) is 0 Å². The molecule has 0 spiro atoms. The van der Waals surface area contributed by atoms with Gasteiger partial charge >= 0.3 is 11.9 Å². The highest BCUT2D eigenvalue weighted by Crippen LogP contribution is 2.13. The third-order valence-electron chi connectivity index (χ3n) is 8.35. The van der Waals surface area contributed by atoms with Crippen molar-refractivity contribution in [1.82, 2.24) is 0 Å². The number of carboxylic acid groups (broad SMARTS) is 1. The molecule has 0 heterocycles. The molecule has 0 fully saturated rings. The lowest BCUT2D eigenvalue weighted by Crippen LogP contribution is -2.55. The van der Waals surface area contributed by atoms with E-state index >= 15 is 0 Å². The average Bonchev–Trinajstić information content (AvgIpc) is 3.03. The van der Waals surface area contributed by atoms with E-state index in [1.54, 1.807) is 21.1 Å². The molecular formula is C40H71NO7. The van der Waals surface area contributed by atoms with Gasteiger partial charge in [0, 0.05) is 19.3 Å². The Morgan fingerprint density at radius 3 is 1.71 bits per heavy atom. The Morgan fingerprint density at radius 1 is 0.646 bits per heavy atom. The summed E-state index contributed by atoms with van der Waals surface area (Å²) in [6, 6.07) is -0.725. The fraction of sp³-hybridized carbons (Fsp3) is 0.775. The summed E-state index contributed by atoms with van der Waals surface area (Å²) in [5.74, 6) is -1.76. The van der Waals surface area contributed by atoms with Crippen LogP contribution in [0.2, 0.25) is 0 Å². The summed E-state index contributed by atoms with van der Waals surface area (Å²) in [6.07, 6.45) is 33.1. The van der Waals surface area contributed by atoms with Gasteiger partial charge in [0.2, 0.25) is 0 Å². The van der Waals surface area contributed by atoms with Crippen molar-refractivity contribution in [3.63, 3.8) is 0 Å². The highest BCUT2D eigenvalue weighted by Gasteiger charge is 2.25. The summed E-state index contributed by atoms with van der Waals surface area (Å²) in [4.78, 5) is 36.6. The number of aliphatic carboxylic acids is 1. The van der Waals surface area contributed by atoms with Gasteiger partial charge in [-0.3, -0.25) is 9.59 Å². The van der Waals surface area contributed by atoms with Crippen LogP contribution in [-0.2, 0) is 28.6 Å². The Kier molecular flexibility index (Phi) is 30.2. The molecule has 0 aromatic rings. The first-order valence-electron chi connectivity index (χ1n) is 19.0. The van der Waals surface area contributed by atoms with E-state index in [1.807, 2.05) is 0 Å². The summed E-state index contributed by atoms with van der Waals surface area (Å²) >= 11 is 0. The maximum Gasteiger partial charge on any atom is 0.306 e. The number of carboxylic acids is 1. The van der Waals surface area contributed by atoms with Crippen molar-refractivity contribution in [2.24, 2.45) is 0 Å². The van der Waals surface area contributed by atoms with Crippen LogP contribution in [0.4, 0.5) is 0 Å². The second-order valence-corrected chi connectivity index (χ2v) is 13.9. The molecule has 0 aliphatic heterocycles. The number of rotatable bonds is 33. The first kappa shape index (κ1) is 45.6. The van der Waals surface area contributed by atoms with Crippen LogP contribution >= 0.6 is 0 Å². The molecule has 0 rings (SSSR count). The van der Waals surface area contributed by atoms with Crippen LogP contribution in [-0.4, -0.2) is 75.5 Å². The van der Waals surface area contributed by atoms with E-state index in [0.717, 1.165) is 57.8 Å². The molecule has 0 aliphatic rings. The van der Waals surface area contributed by atoms with Gasteiger partial charge < -0.3 is 28.6 Å². The number of nitrogens with zero attached hydrogens (tertiary/aromatic N) is 1. The van der Waals surface area contributed by atoms with Gasteiger partial charge in [-0.25, -0.2) is 0 Å². The zero-order valence-electron chi connectivity index (χ0n) is 31.4. The number of esters is 2. The van der Waals surface area contributed by atoms with Crippen molar-refractivity contribution in [2.45, 2.75) is 161 Å². The summed E-state index contributed by atoms with van der Waals surface area (Å²) < 4.78 is 17.0. The molecule has 0 radical (unpaired) electrons. The number of allylic oxidation sites excluding steroid dienone is 6. The molecule has 0 aromatic heterocycles. The standard InChI is InChI=1S/C40H71NO7/c1-6-8-10-12-14-16-17-18-19-20-21-23-25-27-29-31-39(43)48-36(34-46-33-32-37(40(44)45)41(3,4)5)35-47-38(42)30-28-26-24-22-15-13-11-9-7-2/h8,10,12,14,16-17,36-37H,6-7,9,11,13,15,18-35H2,1-5H3/b10-8+,14-12+,17-16+. The molecule has 0 N–H and O–H groups in total. The van der Waals surface area contributed by atoms with E-state index in [9.17, 15) is 19.5 Å². The number of quaternary nitrogens is 1. The van der Waals surface area contributed by atoms with Gasteiger partial charge in [0.05, 0.1) is 40.3 Å². The molecule has 2 atom stereocenters. The maximum atomic E-state index is 12.6. The number of carbonyl (C=O) groups is 3. The van der Waals surface area contributed by atoms with Crippen LogP contribution in [0, 0.1) is 0 Å². The average molecular weight is 678 g/mol. The van der Waals surface area contributed by atoms with Crippen LogP contribution < -0.4 is 5.11 Å². The molecular weight excluding hydrogens is 606 g/mol. The monoisotopic (exact) mass is 678 g/mol. The molecule has 0 amide bonds. The fourth-order valence-corrected chi connectivity index (χ4v) is 5.36. The largest absolute Gasteiger partial charge is 0.544 e. The number of hydrogen-bond donors (Lipinski definition) is 0. The lowest BCUT2D eigenvalue weighted by atomic mass is 10.1. The summed E-state index contributed by atoms with van der Waals surface area (Å²) in [7, 11) is 5.39. The molecule has 0 saturated heterocycles. The van der Waals surface area contributed by atoms with Gasteiger partial charge in [-0.2, -0.15) is 0 Å². The Balaban J connectivity index is 4.42. The maximum absolute atomic E-state index is 12.6. The van der Waals surface area contributed by atoms with Gasteiger partial charge in [-0.05, 0) is 32.1 Å². The number of hydrogen-bond acceptors (Lipinski definition) is 7. The number of likely N-dealkylation sites (N-methyl/N-ethyl adjacent to an activating group) is 1. The van der Waals surface area contributed by atoms with Crippen molar-refractivity contribution in [1.29, 1.82) is 0 Å². The Morgan fingerprint density at radius 2 is 1.17 bits per heavy atom. The molecule has 0 aliphatic carbocycles. The Hall–Kier alpha value is -2.45. The first-order valence-corrected chi connectivity index (χ1v) is 19.0. The van der Waals surface area contributed by atoms with Crippen LogP contribution in [0.1, 0.15) is 149 Å². The summed E-state index contributed by atoms with van der Waals surface area (Å²) in [5, 5.41) is 11.6. The van der Waals surface area contributed by atoms with Crippen molar-refractivity contribution < 1.29 is 38.2 Å². The number of ether oxygens (including phenoxy) is 3.